The maximum absolute atomic E-state index is 13.2. The lowest BCUT2D eigenvalue weighted by Gasteiger charge is -2.06. The Morgan fingerprint density at radius 2 is 1.81 bits per heavy atom. The molecule has 0 aromatic heterocycles. The van der Waals surface area contributed by atoms with Gasteiger partial charge in [0, 0.05) is 5.69 Å². The largest absolute Gasteiger partial charge is 0.326 e. The van der Waals surface area contributed by atoms with Crippen LogP contribution in [-0.2, 0) is 11.2 Å². The lowest BCUT2D eigenvalue weighted by Crippen LogP contribution is -2.14. The van der Waals surface area contributed by atoms with E-state index in [0.717, 1.165) is 11.6 Å². The minimum absolute atomic E-state index is 0.119. The number of hydrogen-bond donors (Lipinski definition) is 1. The molecule has 0 heterocycles. The molecule has 0 saturated heterocycles. The highest BCUT2D eigenvalue weighted by molar-refractivity contribution is 5.92. The lowest BCUT2D eigenvalue weighted by atomic mass is 10.1. The number of benzene rings is 2. The third-order valence-electron chi connectivity index (χ3n) is 2.82. The van der Waals surface area contributed by atoms with Gasteiger partial charge in [-0.15, -0.1) is 0 Å². The van der Waals surface area contributed by atoms with Crippen LogP contribution < -0.4 is 5.32 Å². The Morgan fingerprint density at radius 1 is 1.10 bits per heavy atom. The van der Waals surface area contributed by atoms with Gasteiger partial charge >= 0.3 is 0 Å². The number of nitriles is 2. The molecule has 1 N–H and O–H groups in total. The third-order valence-corrected chi connectivity index (χ3v) is 2.82. The number of hydrogen-bond acceptors (Lipinski definition) is 3. The van der Waals surface area contributed by atoms with Gasteiger partial charge in [0.15, 0.2) is 0 Å². The highest BCUT2D eigenvalue weighted by Crippen LogP contribution is 2.14. The molecule has 2 aromatic rings. The van der Waals surface area contributed by atoms with Crippen LogP contribution in [0.15, 0.2) is 42.5 Å². The Bertz CT molecular complexity index is 755. The number of carbonyl (C=O) groups is 1. The van der Waals surface area contributed by atoms with E-state index in [0.29, 0.717) is 11.3 Å². The van der Waals surface area contributed by atoms with E-state index in [4.69, 9.17) is 10.5 Å². The smallest absolute Gasteiger partial charge is 0.228 e. The second-order valence-corrected chi connectivity index (χ2v) is 4.34. The number of nitrogens with zero attached hydrogens (tertiary/aromatic N) is 2. The van der Waals surface area contributed by atoms with Crippen LogP contribution in [0.5, 0.6) is 0 Å². The summed E-state index contributed by atoms with van der Waals surface area (Å²) in [6, 6.07) is 14.2. The van der Waals surface area contributed by atoms with Crippen LogP contribution in [0, 0.1) is 28.5 Å². The van der Waals surface area contributed by atoms with E-state index in [1.54, 1.807) is 30.3 Å². The van der Waals surface area contributed by atoms with Gasteiger partial charge in [0.1, 0.15) is 11.9 Å². The number of carbonyl (C=O) groups excluding carboxylic acids is 1. The van der Waals surface area contributed by atoms with Gasteiger partial charge in [0.25, 0.3) is 0 Å². The quantitative estimate of drug-likeness (QED) is 0.938. The van der Waals surface area contributed by atoms with E-state index in [2.05, 4.69) is 5.32 Å². The molecular weight excluding hydrogens is 269 g/mol. The first-order valence-corrected chi connectivity index (χ1v) is 6.11. The second kappa shape index (κ2) is 6.31. The Labute approximate surface area is 121 Å². The predicted octanol–water partition coefficient (Wildman–Crippen LogP) is 2.75. The maximum Gasteiger partial charge on any atom is 0.228 e. The molecule has 4 nitrogen and oxygen atoms in total. The van der Waals surface area contributed by atoms with Gasteiger partial charge in [-0.25, -0.2) is 4.39 Å². The number of rotatable bonds is 3. The van der Waals surface area contributed by atoms with E-state index in [1.165, 1.54) is 12.1 Å². The zero-order chi connectivity index (χ0) is 15.2. The molecule has 0 aliphatic rings. The second-order valence-electron chi connectivity index (χ2n) is 4.34. The van der Waals surface area contributed by atoms with Crippen molar-refractivity contribution in [1.29, 1.82) is 10.5 Å². The Kier molecular flexibility index (Phi) is 4.28. The Hall–Kier alpha value is -3.18. The third kappa shape index (κ3) is 3.65. The summed E-state index contributed by atoms with van der Waals surface area (Å²) >= 11 is 0. The molecule has 102 valence electrons. The molecule has 0 unspecified atom stereocenters. The topological polar surface area (TPSA) is 76.7 Å². The fraction of sp³-hybridized carbons (Fsp3) is 0.0625. The van der Waals surface area contributed by atoms with Gasteiger partial charge in [0.05, 0.1) is 23.6 Å². The summed E-state index contributed by atoms with van der Waals surface area (Å²) < 4.78 is 13.2. The van der Waals surface area contributed by atoms with Crippen molar-refractivity contribution in [2.75, 3.05) is 5.32 Å². The van der Waals surface area contributed by atoms with Crippen LogP contribution in [0.25, 0.3) is 0 Å². The van der Waals surface area contributed by atoms with Crippen LogP contribution in [-0.4, -0.2) is 5.91 Å². The van der Waals surface area contributed by atoms with Crippen molar-refractivity contribution in [2.24, 2.45) is 0 Å². The first-order chi connectivity index (χ1) is 10.1. The van der Waals surface area contributed by atoms with E-state index in [1.807, 2.05) is 6.07 Å². The van der Waals surface area contributed by atoms with Crippen LogP contribution in [0.4, 0.5) is 10.1 Å². The predicted molar refractivity (Wildman–Crippen MR) is 74.6 cm³/mol. The first kappa shape index (κ1) is 14.2. The van der Waals surface area contributed by atoms with Crippen LogP contribution >= 0.6 is 0 Å². The van der Waals surface area contributed by atoms with Gasteiger partial charge in [-0.1, -0.05) is 12.1 Å². The highest BCUT2D eigenvalue weighted by atomic mass is 19.1. The van der Waals surface area contributed by atoms with Gasteiger partial charge in [-0.3, -0.25) is 4.79 Å². The first-order valence-electron chi connectivity index (χ1n) is 6.11. The molecule has 0 spiro atoms. The standard InChI is InChI=1S/C16H10FN3O/c17-15-6-5-14(8-13(15)10-19)20-16(21)7-11-1-3-12(9-18)4-2-11/h1-6,8H,7H2,(H,20,21). The summed E-state index contributed by atoms with van der Waals surface area (Å²) in [5.74, 6) is -0.905. The summed E-state index contributed by atoms with van der Waals surface area (Å²) in [4.78, 5) is 11.9. The fourth-order valence-electron chi connectivity index (χ4n) is 1.78. The number of amides is 1. The molecule has 0 saturated carbocycles. The number of anilines is 1. The molecule has 5 heteroatoms. The van der Waals surface area contributed by atoms with Crippen molar-refractivity contribution < 1.29 is 9.18 Å². The molecule has 2 rings (SSSR count). The lowest BCUT2D eigenvalue weighted by molar-refractivity contribution is -0.115. The summed E-state index contributed by atoms with van der Waals surface area (Å²) in [6.45, 7) is 0. The summed E-state index contributed by atoms with van der Waals surface area (Å²) in [6.07, 6.45) is 0.130. The van der Waals surface area contributed by atoms with Crippen molar-refractivity contribution in [3.63, 3.8) is 0 Å². The minimum atomic E-state index is -0.623. The van der Waals surface area contributed by atoms with Gasteiger partial charge in [0.2, 0.25) is 5.91 Å². The van der Waals surface area contributed by atoms with Crippen molar-refractivity contribution in [2.45, 2.75) is 6.42 Å². The zero-order valence-electron chi connectivity index (χ0n) is 10.9. The van der Waals surface area contributed by atoms with Gasteiger partial charge < -0.3 is 5.32 Å². The zero-order valence-corrected chi connectivity index (χ0v) is 10.9. The van der Waals surface area contributed by atoms with Crippen molar-refractivity contribution in [3.05, 3.63) is 65.0 Å². The van der Waals surface area contributed by atoms with Crippen molar-refractivity contribution in [1.82, 2.24) is 0 Å². The normalized spacial score (nSPS) is 9.48. The summed E-state index contributed by atoms with van der Waals surface area (Å²) in [5, 5.41) is 20.0. The monoisotopic (exact) mass is 279 g/mol. The molecule has 0 atom stereocenters. The van der Waals surface area contributed by atoms with Gasteiger partial charge in [-0.2, -0.15) is 10.5 Å². The number of halogens is 1. The Morgan fingerprint density at radius 3 is 2.43 bits per heavy atom. The van der Waals surface area contributed by atoms with E-state index in [9.17, 15) is 9.18 Å². The van der Waals surface area contributed by atoms with E-state index < -0.39 is 5.82 Å². The van der Waals surface area contributed by atoms with Gasteiger partial charge in [-0.05, 0) is 35.9 Å². The van der Waals surface area contributed by atoms with E-state index in [-0.39, 0.29) is 17.9 Å². The van der Waals surface area contributed by atoms with E-state index >= 15 is 0 Å². The highest BCUT2D eigenvalue weighted by Gasteiger charge is 2.07. The summed E-state index contributed by atoms with van der Waals surface area (Å²) in [5.41, 5.74) is 1.53. The SMILES string of the molecule is N#Cc1ccc(CC(=O)Nc2ccc(F)c(C#N)c2)cc1. The molecule has 2 aromatic carbocycles. The number of nitrogens with one attached hydrogen (secondary N) is 1. The average Bonchev–Trinajstić information content (AvgIpc) is 2.50. The molecule has 0 radical (unpaired) electrons. The molecule has 1 amide bonds. The van der Waals surface area contributed by atoms with Crippen LogP contribution in [0.1, 0.15) is 16.7 Å². The van der Waals surface area contributed by atoms with Crippen molar-refractivity contribution >= 4 is 11.6 Å². The van der Waals surface area contributed by atoms with Crippen molar-refractivity contribution in [3.8, 4) is 12.1 Å². The van der Waals surface area contributed by atoms with Crippen LogP contribution in [0.2, 0.25) is 0 Å². The molecule has 0 bridgehead atoms. The fourth-order valence-corrected chi connectivity index (χ4v) is 1.78. The molecular formula is C16H10FN3O. The molecule has 0 fully saturated rings. The average molecular weight is 279 g/mol. The molecule has 21 heavy (non-hydrogen) atoms. The summed E-state index contributed by atoms with van der Waals surface area (Å²) in [7, 11) is 0. The Balaban J connectivity index is 2.05. The molecule has 0 aliphatic carbocycles. The maximum atomic E-state index is 13.2. The van der Waals surface area contributed by atoms with Crippen LogP contribution in [0.3, 0.4) is 0 Å². The molecule has 0 aliphatic heterocycles. The minimum Gasteiger partial charge on any atom is -0.326 e.